The number of hydrogen-bond donors (Lipinski definition) is 4. The van der Waals surface area contributed by atoms with Gasteiger partial charge in [-0.05, 0) is 29.9 Å². The number of nitrogens with two attached hydrogens (primary N) is 1. The van der Waals surface area contributed by atoms with Crippen molar-refractivity contribution in [3.63, 3.8) is 0 Å². The van der Waals surface area contributed by atoms with E-state index in [0.29, 0.717) is 12.8 Å². The third-order valence-electron chi connectivity index (χ3n) is 4.66. The van der Waals surface area contributed by atoms with Gasteiger partial charge in [0.25, 0.3) is 0 Å². The van der Waals surface area contributed by atoms with Crippen LogP contribution in [0.4, 0.5) is 0 Å². The zero-order valence-corrected chi connectivity index (χ0v) is 17.5. The van der Waals surface area contributed by atoms with Gasteiger partial charge in [-0.2, -0.15) is 11.8 Å². The minimum Gasteiger partial charge on any atom is -0.480 e. The molecule has 4 atom stereocenters. The first kappa shape index (κ1) is 24.0. The average Bonchev–Trinajstić information content (AvgIpc) is 2.69. The number of benzene rings is 1. The number of thioether (sulfide) groups is 1. The van der Waals surface area contributed by atoms with Crippen LogP contribution in [-0.4, -0.2) is 53.0 Å². The van der Waals surface area contributed by atoms with Crippen LogP contribution in [0.1, 0.15) is 32.3 Å². The van der Waals surface area contributed by atoms with Gasteiger partial charge in [0.05, 0.1) is 6.04 Å². The molecular weight excluding hydrogens is 378 g/mol. The average molecular weight is 410 g/mol. The third kappa shape index (κ3) is 7.90. The molecular formula is C20H31N3O4S. The summed E-state index contributed by atoms with van der Waals surface area (Å²) in [5, 5.41) is 14.7. The zero-order valence-electron chi connectivity index (χ0n) is 16.7. The van der Waals surface area contributed by atoms with E-state index in [4.69, 9.17) is 5.73 Å². The Bertz CT molecular complexity index is 642. The van der Waals surface area contributed by atoms with E-state index in [1.165, 1.54) is 0 Å². The number of nitrogens with one attached hydrogen (secondary N) is 2. The number of hydrogen-bond acceptors (Lipinski definition) is 5. The summed E-state index contributed by atoms with van der Waals surface area (Å²) in [5.41, 5.74) is 6.77. The monoisotopic (exact) mass is 409 g/mol. The predicted molar refractivity (Wildman–Crippen MR) is 112 cm³/mol. The molecule has 0 saturated carbocycles. The molecule has 2 amide bonds. The highest BCUT2D eigenvalue weighted by Crippen LogP contribution is 2.10. The van der Waals surface area contributed by atoms with Crippen molar-refractivity contribution in [3.8, 4) is 0 Å². The van der Waals surface area contributed by atoms with Gasteiger partial charge in [0.15, 0.2) is 0 Å². The van der Waals surface area contributed by atoms with E-state index in [-0.39, 0.29) is 12.3 Å². The topological polar surface area (TPSA) is 122 Å². The lowest BCUT2D eigenvalue weighted by atomic mass is 9.98. The number of amides is 2. The number of rotatable bonds is 12. The van der Waals surface area contributed by atoms with Crippen molar-refractivity contribution in [2.75, 3.05) is 12.0 Å². The summed E-state index contributed by atoms with van der Waals surface area (Å²) in [5.74, 6) is -1.54. The lowest BCUT2D eigenvalue weighted by Crippen LogP contribution is -2.56. The Kier molecular flexibility index (Phi) is 10.6. The molecule has 8 heteroatoms. The minimum absolute atomic E-state index is 0.238. The molecule has 0 spiro atoms. The van der Waals surface area contributed by atoms with E-state index >= 15 is 0 Å². The summed E-state index contributed by atoms with van der Waals surface area (Å²) in [6, 6.07) is 6.61. The molecule has 28 heavy (non-hydrogen) atoms. The zero-order chi connectivity index (χ0) is 21.1. The Balaban J connectivity index is 2.93. The molecule has 1 aromatic carbocycles. The maximum absolute atomic E-state index is 12.8. The fourth-order valence-electron chi connectivity index (χ4n) is 2.65. The van der Waals surface area contributed by atoms with E-state index in [2.05, 4.69) is 10.6 Å². The van der Waals surface area contributed by atoms with E-state index in [1.807, 2.05) is 43.5 Å². The van der Waals surface area contributed by atoms with Crippen LogP contribution in [0.15, 0.2) is 30.3 Å². The molecule has 0 aliphatic rings. The number of carbonyl (C=O) groups is 3. The summed E-state index contributed by atoms with van der Waals surface area (Å²) in [4.78, 5) is 36.8. The van der Waals surface area contributed by atoms with Crippen LogP contribution in [0.2, 0.25) is 0 Å². The molecule has 0 radical (unpaired) electrons. The van der Waals surface area contributed by atoms with E-state index < -0.39 is 35.9 Å². The lowest BCUT2D eigenvalue weighted by molar-refractivity contribution is -0.143. The summed E-state index contributed by atoms with van der Waals surface area (Å²) in [6.45, 7) is 3.63. The molecule has 0 fully saturated rings. The summed E-state index contributed by atoms with van der Waals surface area (Å²) < 4.78 is 0. The highest BCUT2D eigenvalue weighted by molar-refractivity contribution is 7.98. The minimum atomic E-state index is -1.09. The van der Waals surface area contributed by atoms with Crippen molar-refractivity contribution in [2.45, 2.75) is 51.2 Å². The van der Waals surface area contributed by atoms with Gasteiger partial charge in [-0.1, -0.05) is 50.6 Å². The SMILES string of the molecule is CC[C@H](C)[C@H](NC(=O)[C@H](Cc1ccccc1)NC(=O)[C@@H](N)CCSC)C(=O)O. The molecule has 0 heterocycles. The van der Waals surface area contributed by atoms with Gasteiger partial charge >= 0.3 is 5.97 Å². The molecule has 0 bridgehead atoms. The van der Waals surface area contributed by atoms with Crippen molar-refractivity contribution >= 4 is 29.5 Å². The number of carboxylic acid groups (broad SMARTS) is 1. The predicted octanol–water partition coefficient (Wildman–Crippen LogP) is 1.41. The second-order valence-corrected chi connectivity index (χ2v) is 7.83. The maximum atomic E-state index is 12.8. The van der Waals surface area contributed by atoms with Gasteiger partial charge in [0.1, 0.15) is 12.1 Å². The summed E-state index contributed by atoms with van der Waals surface area (Å²) in [7, 11) is 0. The first-order valence-electron chi connectivity index (χ1n) is 9.42. The Labute approximate surface area is 170 Å². The molecule has 0 aliphatic heterocycles. The van der Waals surface area contributed by atoms with Crippen LogP contribution in [0.25, 0.3) is 0 Å². The number of carbonyl (C=O) groups excluding carboxylic acids is 2. The van der Waals surface area contributed by atoms with Crippen LogP contribution >= 0.6 is 11.8 Å². The molecule has 1 rings (SSSR count). The van der Waals surface area contributed by atoms with E-state index in [1.54, 1.807) is 18.7 Å². The number of carboxylic acids is 1. The van der Waals surface area contributed by atoms with Gasteiger partial charge in [-0.25, -0.2) is 4.79 Å². The molecule has 1 aromatic rings. The second-order valence-electron chi connectivity index (χ2n) is 6.85. The van der Waals surface area contributed by atoms with E-state index in [0.717, 1.165) is 11.3 Å². The molecule has 0 aromatic heterocycles. The number of aliphatic carboxylic acids is 1. The second kappa shape index (κ2) is 12.4. The van der Waals surface area contributed by atoms with Crippen molar-refractivity contribution in [2.24, 2.45) is 11.7 Å². The Morgan fingerprint density at radius 3 is 2.32 bits per heavy atom. The van der Waals surface area contributed by atoms with Gasteiger partial charge in [-0.3, -0.25) is 9.59 Å². The Hall–Kier alpha value is -2.06. The Morgan fingerprint density at radius 1 is 1.14 bits per heavy atom. The van der Waals surface area contributed by atoms with Crippen LogP contribution in [0.5, 0.6) is 0 Å². The molecule has 0 unspecified atom stereocenters. The lowest BCUT2D eigenvalue weighted by Gasteiger charge is -2.25. The third-order valence-corrected chi connectivity index (χ3v) is 5.31. The Morgan fingerprint density at radius 2 is 1.79 bits per heavy atom. The molecule has 7 nitrogen and oxygen atoms in total. The first-order valence-corrected chi connectivity index (χ1v) is 10.8. The fraction of sp³-hybridized carbons (Fsp3) is 0.550. The van der Waals surface area contributed by atoms with Gasteiger partial charge in [0, 0.05) is 6.42 Å². The van der Waals surface area contributed by atoms with Crippen LogP contribution in [0.3, 0.4) is 0 Å². The first-order chi connectivity index (χ1) is 13.3. The van der Waals surface area contributed by atoms with Crippen LogP contribution < -0.4 is 16.4 Å². The van der Waals surface area contributed by atoms with Crippen molar-refractivity contribution < 1.29 is 19.5 Å². The van der Waals surface area contributed by atoms with Crippen molar-refractivity contribution in [1.82, 2.24) is 10.6 Å². The van der Waals surface area contributed by atoms with Gasteiger partial charge in [-0.15, -0.1) is 0 Å². The quantitative estimate of drug-likeness (QED) is 0.414. The smallest absolute Gasteiger partial charge is 0.326 e. The van der Waals surface area contributed by atoms with E-state index in [9.17, 15) is 19.5 Å². The fourth-order valence-corrected chi connectivity index (χ4v) is 3.14. The largest absolute Gasteiger partial charge is 0.480 e. The highest BCUT2D eigenvalue weighted by Gasteiger charge is 2.30. The molecule has 156 valence electrons. The standard InChI is InChI=1S/C20H31N3O4S/c1-4-13(2)17(20(26)27)23-19(25)16(12-14-8-6-5-7-9-14)22-18(24)15(21)10-11-28-3/h5-9,13,15-17H,4,10-12,21H2,1-3H3,(H,22,24)(H,23,25)(H,26,27)/t13-,15-,16-,17-/m0/s1. The highest BCUT2D eigenvalue weighted by atomic mass is 32.2. The van der Waals surface area contributed by atoms with Crippen molar-refractivity contribution in [3.05, 3.63) is 35.9 Å². The van der Waals surface area contributed by atoms with Crippen molar-refractivity contribution in [1.29, 1.82) is 0 Å². The molecule has 0 aliphatic carbocycles. The maximum Gasteiger partial charge on any atom is 0.326 e. The van der Waals surface area contributed by atoms with Crippen LogP contribution in [-0.2, 0) is 20.8 Å². The molecule has 5 N–H and O–H groups in total. The van der Waals surface area contributed by atoms with Gasteiger partial charge < -0.3 is 21.5 Å². The summed E-state index contributed by atoms with van der Waals surface area (Å²) in [6.07, 6.45) is 3.28. The summed E-state index contributed by atoms with van der Waals surface area (Å²) >= 11 is 1.59. The van der Waals surface area contributed by atoms with Crippen LogP contribution in [0, 0.1) is 5.92 Å². The van der Waals surface area contributed by atoms with Gasteiger partial charge in [0.2, 0.25) is 11.8 Å². The normalized spacial score (nSPS) is 15.1. The molecule has 0 saturated heterocycles.